The largest absolute Gasteiger partial charge is 0.277 e. The van der Waals surface area contributed by atoms with E-state index in [0.717, 1.165) is 11.3 Å². The van der Waals surface area contributed by atoms with E-state index < -0.39 is 0 Å². The van der Waals surface area contributed by atoms with Crippen LogP contribution in [0.1, 0.15) is 16.5 Å². The third-order valence-corrected chi connectivity index (χ3v) is 2.92. The molecule has 3 heteroatoms. The van der Waals surface area contributed by atoms with E-state index in [-0.39, 0.29) is 5.38 Å². The zero-order valence-corrected chi connectivity index (χ0v) is 7.55. The van der Waals surface area contributed by atoms with E-state index in [9.17, 15) is 0 Å². The van der Waals surface area contributed by atoms with E-state index in [4.69, 9.17) is 11.6 Å². The molecule has 0 radical (unpaired) electrons. The monoisotopic (exact) mass is 190 g/mol. The van der Waals surface area contributed by atoms with Gasteiger partial charge in [0.2, 0.25) is 0 Å². The van der Waals surface area contributed by atoms with Gasteiger partial charge < -0.3 is 0 Å². The van der Waals surface area contributed by atoms with Gasteiger partial charge in [0.1, 0.15) is 0 Å². The van der Waals surface area contributed by atoms with Crippen LogP contribution in [0.2, 0.25) is 0 Å². The maximum atomic E-state index is 6.25. The molecule has 0 fully saturated rings. The first-order valence-corrected chi connectivity index (χ1v) is 4.58. The van der Waals surface area contributed by atoms with Gasteiger partial charge in [-0.25, -0.2) is 0 Å². The number of H-pyrrole nitrogens is 1. The standard InChI is InChI=1S/C10H7ClN2/c11-9-6-3-1-2-4-7(6)10-8(9)5-12-13-10/h1-5,9H,(H,12,13). The number of hydrogen-bond acceptors (Lipinski definition) is 1. The quantitative estimate of drug-likeness (QED) is 0.636. The normalized spacial score (nSPS) is 18.4. The van der Waals surface area contributed by atoms with E-state index in [2.05, 4.69) is 22.3 Å². The number of fused-ring (bicyclic) bond motifs is 3. The van der Waals surface area contributed by atoms with Crippen LogP contribution >= 0.6 is 11.6 Å². The summed E-state index contributed by atoms with van der Waals surface area (Å²) in [6.07, 6.45) is 1.80. The zero-order chi connectivity index (χ0) is 8.84. The molecule has 3 rings (SSSR count). The highest BCUT2D eigenvalue weighted by Gasteiger charge is 2.27. The van der Waals surface area contributed by atoms with Crippen molar-refractivity contribution in [3.05, 3.63) is 41.6 Å². The predicted molar refractivity (Wildman–Crippen MR) is 51.7 cm³/mol. The summed E-state index contributed by atoms with van der Waals surface area (Å²) in [4.78, 5) is 0. The molecule has 13 heavy (non-hydrogen) atoms. The smallest absolute Gasteiger partial charge is 0.0878 e. The highest BCUT2D eigenvalue weighted by Crippen LogP contribution is 2.45. The van der Waals surface area contributed by atoms with Gasteiger partial charge in [-0.15, -0.1) is 11.6 Å². The highest BCUT2D eigenvalue weighted by molar-refractivity contribution is 6.24. The first kappa shape index (κ1) is 7.15. The number of benzene rings is 1. The van der Waals surface area contributed by atoms with Gasteiger partial charge in [0.05, 0.1) is 17.3 Å². The first-order valence-electron chi connectivity index (χ1n) is 4.14. The van der Waals surface area contributed by atoms with Crippen LogP contribution in [0.3, 0.4) is 0 Å². The molecule has 0 bridgehead atoms. The van der Waals surface area contributed by atoms with E-state index in [0.29, 0.717) is 0 Å². The van der Waals surface area contributed by atoms with Crippen LogP contribution in [-0.4, -0.2) is 10.2 Å². The van der Waals surface area contributed by atoms with E-state index in [1.165, 1.54) is 11.1 Å². The number of nitrogens with zero attached hydrogens (tertiary/aromatic N) is 1. The van der Waals surface area contributed by atoms with Gasteiger partial charge in [-0.3, -0.25) is 5.10 Å². The molecule has 1 atom stereocenters. The Bertz CT molecular complexity index is 461. The Balaban J connectivity index is 2.37. The lowest BCUT2D eigenvalue weighted by Gasteiger charge is -2.01. The fourth-order valence-corrected chi connectivity index (χ4v) is 2.17. The van der Waals surface area contributed by atoms with Gasteiger partial charge in [0.25, 0.3) is 0 Å². The SMILES string of the molecule is ClC1c2ccccc2-c2[nH]ncc21. The fourth-order valence-electron chi connectivity index (χ4n) is 1.82. The van der Waals surface area contributed by atoms with Crippen molar-refractivity contribution >= 4 is 11.6 Å². The minimum atomic E-state index is -0.0371. The molecule has 1 aromatic heterocycles. The van der Waals surface area contributed by atoms with Gasteiger partial charge in [-0.2, -0.15) is 5.10 Å². The van der Waals surface area contributed by atoms with Crippen molar-refractivity contribution in [1.82, 2.24) is 10.2 Å². The van der Waals surface area contributed by atoms with Crippen LogP contribution in [0.25, 0.3) is 11.3 Å². The molecule has 1 heterocycles. The Kier molecular flexibility index (Phi) is 1.30. The molecule has 1 N–H and O–H groups in total. The summed E-state index contributed by atoms with van der Waals surface area (Å²) in [5.41, 5.74) is 4.50. The Morgan fingerprint density at radius 3 is 3.00 bits per heavy atom. The summed E-state index contributed by atoms with van der Waals surface area (Å²) in [6, 6.07) is 8.14. The van der Waals surface area contributed by atoms with Crippen molar-refractivity contribution in [2.24, 2.45) is 0 Å². The molecule has 2 aromatic rings. The van der Waals surface area contributed by atoms with Crippen LogP contribution in [0.5, 0.6) is 0 Å². The van der Waals surface area contributed by atoms with Crippen molar-refractivity contribution in [3.63, 3.8) is 0 Å². The van der Waals surface area contributed by atoms with Crippen LogP contribution in [0.15, 0.2) is 30.5 Å². The van der Waals surface area contributed by atoms with Gasteiger partial charge in [0.15, 0.2) is 0 Å². The summed E-state index contributed by atoms with van der Waals surface area (Å²) in [6.45, 7) is 0. The van der Waals surface area contributed by atoms with Crippen molar-refractivity contribution in [2.45, 2.75) is 5.38 Å². The first-order chi connectivity index (χ1) is 6.38. The van der Waals surface area contributed by atoms with Gasteiger partial charge >= 0.3 is 0 Å². The average molecular weight is 191 g/mol. The summed E-state index contributed by atoms with van der Waals surface area (Å²) >= 11 is 6.25. The number of alkyl halides is 1. The van der Waals surface area contributed by atoms with E-state index in [1.54, 1.807) is 6.20 Å². The molecule has 0 amide bonds. The number of halogens is 1. The molecular formula is C10H7ClN2. The zero-order valence-electron chi connectivity index (χ0n) is 6.79. The third-order valence-electron chi connectivity index (χ3n) is 2.44. The second-order valence-corrected chi connectivity index (χ2v) is 3.59. The lowest BCUT2D eigenvalue weighted by atomic mass is 10.1. The highest BCUT2D eigenvalue weighted by atomic mass is 35.5. The fraction of sp³-hybridized carbons (Fsp3) is 0.100. The van der Waals surface area contributed by atoms with E-state index in [1.807, 2.05) is 12.1 Å². The molecule has 0 spiro atoms. The molecule has 0 saturated heterocycles. The molecule has 64 valence electrons. The topological polar surface area (TPSA) is 28.7 Å². The van der Waals surface area contributed by atoms with Gasteiger partial charge in [-0.1, -0.05) is 24.3 Å². The Hall–Kier alpha value is -1.28. The van der Waals surface area contributed by atoms with Gasteiger partial charge in [0, 0.05) is 11.1 Å². The average Bonchev–Trinajstić information content (AvgIpc) is 2.72. The minimum absolute atomic E-state index is 0.0371. The number of hydrogen-bond donors (Lipinski definition) is 1. The summed E-state index contributed by atoms with van der Waals surface area (Å²) in [7, 11) is 0. The van der Waals surface area contributed by atoms with Crippen LogP contribution in [0, 0.1) is 0 Å². The lowest BCUT2D eigenvalue weighted by molar-refractivity contribution is 1.09. The lowest BCUT2D eigenvalue weighted by Crippen LogP contribution is -1.84. The number of aromatic nitrogens is 2. The number of nitrogens with one attached hydrogen (secondary N) is 1. The van der Waals surface area contributed by atoms with Crippen molar-refractivity contribution in [2.75, 3.05) is 0 Å². The summed E-state index contributed by atoms with van der Waals surface area (Å²) in [5.74, 6) is 0. The molecule has 0 aliphatic heterocycles. The molecular weight excluding hydrogens is 184 g/mol. The Labute approximate surface area is 80.5 Å². The third kappa shape index (κ3) is 0.810. The van der Waals surface area contributed by atoms with Crippen LogP contribution < -0.4 is 0 Å². The Morgan fingerprint density at radius 2 is 2.08 bits per heavy atom. The van der Waals surface area contributed by atoms with E-state index >= 15 is 0 Å². The minimum Gasteiger partial charge on any atom is -0.277 e. The molecule has 1 aliphatic carbocycles. The number of rotatable bonds is 0. The maximum Gasteiger partial charge on any atom is 0.0878 e. The molecule has 2 nitrogen and oxygen atoms in total. The van der Waals surface area contributed by atoms with Crippen LogP contribution in [-0.2, 0) is 0 Å². The summed E-state index contributed by atoms with van der Waals surface area (Å²) < 4.78 is 0. The van der Waals surface area contributed by atoms with Crippen LogP contribution in [0.4, 0.5) is 0 Å². The second-order valence-electron chi connectivity index (χ2n) is 3.15. The second kappa shape index (κ2) is 2.36. The van der Waals surface area contributed by atoms with Crippen molar-refractivity contribution < 1.29 is 0 Å². The van der Waals surface area contributed by atoms with Crippen molar-refractivity contribution in [3.8, 4) is 11.3 Å². The maximum absolute atomic E-state index is 6.25. The predicted octanol–water partition coefficient (Wildman–Crippen LogP) is 2.72. The molecule has 1 aliphatic rings. The molecule has 1 unspecified atom stereocenters. The molecule has 0 saturated carbocycles. The summed E-state index contributed by atoms with van der Waals surface area (Å²) in [5, 5.41) is 6.92. The van der Waals surface area contributed by atoms with Gasteiger partial charge in [-0.05, 0) is 5.56 Å². The Morgan fingerprint density at radius 1 is 1.23 bits per heavy atom. The number of aromatic amines is 1. The van der Waals surface area contributed by atoms with Crippen molar-refractivity contribution in [1.29, 1.82) is 0 Å². The molecule has 1 aromatic carbocycles.